The van der Waals surface area contributed by atoms with Crippen molar-refractivity contribution in [2.45, 2.75) is 13.8 Å². The third-order valence-electron chi connectivity index (χ3n) is 3.22. The summed E-state index contributed by atoms with van der Waals surface area (Å²) in [4.78, 5) is 15.9. The molecular weight excluding hydrogens is 266 g/mol. The summed E-state index contributed by atoms with van der Waals surface area (Å²) in [5.41, 5.74) is 4.98. The Hall–Kier alpha value is -2.62. The van der Waals surface area contributed by atoms with E-state index in [4.69, 9.17) is 9.94 Å². The molecule has 1 N–H and O–H groups in total. The summed E-state index contributed by atoms with van der Waals surface area (Å²) in [6.45, 7) is 4.05. The lowest BCUT2D eigenvalue weighted by Gasteiger charge is -2.10. The third-order valence-corrected chi connectivity index (χ3v) is 3.22. The van der Waals surface area contributed by atoms with Gasteiger partial charge in [-0.05, 0) is 31.5 Å². The second kappa shape index (κ2) is 6.22. The van der Waals surface area contributed by atoms with Gasteiger partial charge in [-0.2, -0.15) is 0 Å². The zero-order valence-electron chi connectivity index (χ0n) is 12.3. The molecule has 0 unspecified atom stereocenters. The smallest absolute Gasteiger partial charge is 0.335 e. The van der Waals surface area contributed by atoms with E-state index in [0.717, 1.165) is 16.7 Å². The van der Waals surface area contributed by atoms with E-state index in [-0.39, 0.29) is 5.56 Å². The number of hydrogen-bond acceptors (Lipinski definition) is 3. The molecule has 2 aromatic rings. The van der Waals surface area contributed by atoms with Crippen LogP contribution in [0.3, 0.4) is 0 Å². The summed E-state index contributed by atoms with van der Waals surface area (Å²) in [7, 11) is 1.50. The first-order chi connectivity index (χ1) is 10.0. The molecule has 4 heteroatoms. The van der Waals surface area contributed by atoms with E-state index in [1.807, 2.05) is 26.0 Å². The number of hydrogen-bond donors (Lipinski definition) is 1. The van der Waals surface area contributed by atoms with Crippen molar-refractivity contribution >= 4 is 11.7 Å². The van der Waals surface area contributed by atoms with E-state index in [1.54, 1.807) is 24.3 Å². The predicted octanol–water partition coefficient (Wildman–Crippen LogP) is 3.40. The highest BCUT2D eigenvalue weighted by Crippen LogP contribution is 2.17. The molecule has 21 heavy (non-hydrogen) atoms. The maximum absolute atomic E-state index is 10.9. The lowest BCUT2D eigenvalue weighted by Crippen LogP contribution is -2.07. The van der Waals surface area contributed by atoms with Crippen LogP contribution in [0.5, 0.6) is 0 Å². The molecule has 0 aliphatic rings. The van der Waals surface area contributed by atoms with E-state index < -0.39 is 5.97 Å². The normalized spacial score (nSPS) is 11.3. The minimum atomic E-state index is -0.946. The van der Waals surface area contributed by atoms with Gasteiger partial charge in [0, 0.05) is 11.1 Å². The first-order valence-electron chi connectivity index (χ1n) is 6.55. The fraction of sp³-hybridized carbons (Fsp3) is 0.176. The number of rotatable bonds is 4. The number of benzene rings is 2. The number of nitrogens with zero attached hydrogens (tertiary/aromatic N) is 1. The summed E-state index contributed by atoms with van der Waals surface area (Å²) < 4.78 is 0. The van der Waals surface area contributed by atoms with Crippen LogP contribution in [0.4, 0.5) is 0 Å². The third kappa shape index (κ3) is 3.28. The van der Waals surface area contributed by atoms with Gasteiger partial charge in [0.15, 0.2) is 0 Å². The SMILES string of the molecule is CO/N=C(\c1ccc(C(=O)O)cc1)c1ccc(C)cc1C. The van der Waals surface area contributed by atoms with Crippen LogP contribution in [0.1, 0.15) is 32.6 Å². The van der Waals surface area contributed by atoms with Crippen molar-refractivity contribution in [2.24, 2.45) is 5.16 Å². The van der Waals surface area contributed by atoms with Crippen LogP contribution < -0.4 is 0 Å². The van der Waals surface area contributed by atoms with E-state index in [0.29, 0.717) is 5.71 Å². The van der Waals surface area contributed by atoms with Crippen molar-refractivity contribution in [2.75, 3.05) is 7.11 Å². The van der Waals surface area contributed by atoms with Crippen LogP contribution in [0, 0.1) is 13.8 Å². The topological polar surface area (TPSA) is 58.9 Å². The Morgan fingerprint density at radius 3 is 2.19 bits per heavy atom. The van der Waals surface area contributed by atoms with Gasteiger partial charge in [-0.3, -0.25) is 0 Å². The molecule has 0 amide bonds. The van der Waals surface area contributed by atoms with Gasteiger partial charge >= 0.3 is 5.97 Å². The summed E-state index contributed by atoms with van der Waals surface area (Å²) in [5.74, 6) is -0.946. The van der Waals surface area contributed by atoms with Crippen molar-refractivity contribution in [3.63, 3.8) is 0 Å². The lowest BCUT2D eigenvalue weighted by molar-refractivity contribution is 0.0697. The zero-order valence-corrected chi connectivity index (χ0v) is 12.3. The number of oxime groups is 1. The number of carbonyl (C=O) groups is 1. The van der Waals surface area contributed by atoms with Crippen LogP contribution in [0.2, 0.25) is 0 Å². The Kier molecular flexibility index (Phi) is 4.38. The molecule has 2 rings (SSSR count). The minimum Gasteiger partial charge on any atom is -0.478 e. The van der Waals surface area contributed by atoms with E-state index in [9.17, 15) is 4.79 Å². The van der Waals surface area contributed by atoms with Gasteiger partial charge in [-0.1, -0.05) is 41.1 Å². The molecule has 0 radical (unpaired) electrons. The fourth-order valence-corrected chi connectivity index (χ4v) is 2.20. The zero-order chi connectivity index (χ0) is 15.4. The quantitative estimate of drug-likeness (QED) is 0.691. The average Bonchev–Trinajstić information content (AvgIpc) is 2.46. The Morgan fingerprint density at radius 1 is 1.05 bits per heavy atom. The minimum absolute atomic E-state index is 0.246. The van der Waals surface area contributed by atoms with Gasteiger partial charge in [-0.15, -0.1) is 0 Å². The molecule has 0 spiro atoms. The Balaban J connectivity index is 2.48. The van der Waals surface area contributed by atoms with Crippen molar-refractivity contribution in [3.8, 4) is 0 Å². The summed E-state index contributed by atoms with van der Waals surface area (Å²) in [5, 5.41) is 13.1. The Bertz CT molecular complexity index is 688. The monoisotopic (exact) mass is 283 g/mol. The average molecular weight is 283 g/mol. The summed E-state index contributed by atoms with van der Waals surface area (Å²) in [6.07, 6.45) is 0. The Morgan fingerprint density at radius 2 is 1.67 bits per heavy atom. The van der Waals surface area contributed by atoms with Crippen LogP contribution in [0.25, 0.3) is 0 Å². The second-order valence-electron chi connectivity index (χ2n) is 4.82. The van der Waals surface area contributed by atoms with Crippen LogP contribution in [0.15, 0.2) is 47.6 Å². The maximum atomic E-state index is 10.9. The van der Waals surface area contributed by atoms with Crippen molar-refractivity contribution in [1.29, 1.82) is 0 Å². The molecule has 0 aliphatic heterocycles. The standard InChI is InChI=1S/C17H17NO3/c1-11-4-9-15(12(2)10-11)16(18-21-3)13-5-7-14(8-6-13)17(19)20/h4-10H,1-3H3,(H,19,20)/b18-16+. The molecule has 0 bridgehead atoms. The number of aromatic carboxylic acids is 1. The summed E-state index contributed by atoms with van der Waals surface area (Å²) in [6, 6.07) is 12.7. The highest BCUT2D eigenvalue weighted by atomic mass is 16.6. The molecule has 2 aromatic carbocycles. The van der Waals surface area contributed by atoms with Gasteiger partial charge in [0.05, 0.1) is 5.56 Å². The highest BCUT2D eigenvalue weighted by Gasteiger charge is 2.12. The van der Waals surface area contributed by atoms with E-state index >= 15 is 0 Å². The van der Waals surface area contributed by atoms with Gasteiger partial charge in [0.1, 0.15) is 12.8 Å². The Labute approximate surface area is 123 Å². The number of carboxylic acid groups (broad SMARTS) is 1. The second-order valence-corrected chi connectivity index (χ2v) is 4.82. The first kappa shape index (κ1) is 14.8. The molecule has 0 atom stereocenters. The largest absolute Gasteiger partial charge is 0.478 e. The molecule has 0 heterocycles. The molecule has 0 aliphatic carbocycles. The molecule has 0 aromatic heterocycles. The van der Waals surface area contributed by atoms with Crippen molar-refractivity contribution in [1.82, 2.24) is 0 Å². The molecule has 0 fully saturated rings. The van der Waals surface area contributed by atoms with E-state index in [2.05, 4.69) is 11.2 Å². The fourth-order valence-electron chi connectivity index (χ4n) is 2.20. The maximum Gasteiger partial charge on any atom is 0.335 e. The molecule has 0 saturated heterocycles. The van der Waals surface area contributed by atoms with Crippen LogP contribution in [-0.2, 0) is 4.84 Å². The first-order valence-corrected chi connectivity index (χ1v) is 6.55. The molecule has 108 valence electrons. The number of aryl methyl sites for hydroxylation is 2. The van der Waals surface area contributed by atoms with Gasteiger partial charge in [0.25, 0.3) is 0 Å². The van der Waals surface area contributed by atoms with Crippen LogP contribution in [-0.4, -0.2) is 23.9 Å². The summed E-state index contributed by atoms with van der Waals surface area (Å²) >= 11 is 0. The predicted molar refractivity (Wildman–Crippen MR) is 82.0 cm³/mol. The van der Waals surface area contributed by atoms with Gasteiger partial charge in [-0.25, -0.2) is 4.79 Å². The van der Waals surface area contributed by atoms with Crippen LogP contribution >= 0.6 is 0 Å². The van der Waals surface area contributed by atoms with Gasteiger partial charge < -0.3 is 9.94 Å². The number of carboxylic acids is 1. The van der Waals surface area contributed by atoms with Crippen molar-refractivity contribution < 1.29 is 14.7 Å². The highest BCUT2D eigenvalue weighted by molar-refractivity contribution is 6.13. The molecule has 0 saturated carbocycles. The lowest BCUT2D eigenvalue weighted by atomic mass is 9.96. The van der Waals surface area contributed by atoms with Gasteiger partial charge in [0.2, 0.25) is 0 Å². The van der Waals surface area contributed by atoms with E-state index in [1.165, 1.54) is 12.7 Å². The van der Waals surface area contributed by atoms with Crippen molar-refractivity contribution in [3.05, 3.63) is 70.3 Å². The molecular formula is C17H17NO3. The molecule has 4 nitrogen and oxygen atoms in total.